The van der Waals surface area contributed by atoms with E-state index in [0.717, 1.165) is 23.9 Å². The molecule has 2 unspecified atom stereocenters. The molecule has 0 aliphatic carbocycles. The van der Waals surface area contributed by atoms with E-state index in [1.54, 1.807) is 22.4 Å². The Kier molecular flexibility index (Phi) is 5.98. The Balaban J connectivity index is 1.65. The third-order valence-electron chi connectivity index (χ3n) is 5.15. The van der Waals surface area contributed by atoms with Crippen LogP contribution in [0.25, 0.3) is 0 Å². The van der Waals surface area contributed by atoms with Crippen LogP contribution in [0, 0.1) is 11.6 Å². The SMILES string of the molecule is CC(c1nccs1)N(C)C1CCC(=O)N(Cc2ccc(F)cc2F)CC1. The number of thiazole rings is 1. The Morgan fingerprint density at radius 3 is 2.88 bits per heavy atom. The maximum Gasteiger partial charge on any atom is 0.222 e. The highest BCUT2D eigenvalue weighted by Crippen LogP contribution is 2.27. The Labute approximate surface area is 156 Å². The number of benzene rings is 1. The molecule has 1 amide bonds. The Morgan fingerprint density at radius 2 is 2.19 bits per heavy atom. The van der Waals surface area contributed by atoms with Gasteiger partial charge in [0.1, 0.15) is 16.6 Å². The second-order valence-corrected chi connectivity index (χ2v) is 7.67. The zero-order valence-corrected chi connectivity index (χ0v) is 15.8. The number of amides is 1. The average molecular weight is 379 g/mol. The third-order valence-corrected chi connectivity index (χ3v) is 6.09. The molecule has 1 aromatic carbocycles. The van der Waals surface area contributed by atoms with Gasteiger partial charge in [-0.3, -0.25) is 9.69 Å². The topological polar surface area (TPSA) is 36.4 Å². The van der Waals surface area contributed by atoms with E-state index in [-0.39, 0.29) is 24.5 Å². The van der Waals surface area contributed by atoms with Crippen molar-refractivity contribution in [1.82, 2.24) is 14.8 Å². The minimum Gasteiger partial charge on any atom is -0.338 e. The fourth-order valence-electron chi connectivity index (χ4n) is 3.38. The molecule has 1 aliphatic heterocycles. The van der Waals surface area contributed by atoms with Crippen molar-refractivity contribution < 1.29 is 13.6 Å². The summed E-state index contributed by atoms with van der Waals surface area (Å²) in [5, 5.41) is 3.03. The van der Waals surface area contributed by atoms with E-state index in [1.165, 1.54) is 12.1 Å². The molecule has 3 rings (SSSR count). The van der Waals surface area contributed by atoms with Gasteiger partial charge >= 0.3 is 0 Å². The monoisotopic (exact) mass is 379 g/mol. The summed E-state index contributed by atoms with van der Waals surface area (Å²) >= 11 is 1.63. The van der Waals surface area contributed by atoms with Crippen molar-refractivity contribution in [1.29, 1.82) is 0 Å². The predicted octanol–water partition coefficient (Wildman–Crippen LogP) is 4.00. The van der Waals surface area contributed by atoms with Gasteiger partial charge in [-0.05, 0) is 32.9 Å². The second-order valence-electron chi connectivity index (χ2n) is 6.74. The molecule has 4 nitrogen and oxygen atoms in total. The van der Waals surface area contributed by atoms with Gasteiger partial charge in [-0.15, -0.1) is 11.3 Å². The number of rotatable bonds is 5. The molecule has 0 bridgehead atoms. The van der Waals surface area contributed by atoms with Crippen LogP contribution in [-0.4, -0.2) is 40.3 Å². The molecule has 2 atom stereocenters. The van der Waals surface area contributed by atoms with Gasteiger partial charge in [-0.2, -0.15) is 0 Å². The molecule has 0 spiro atoms. The molecule has 2 aromatic rings. The molecule has 1 saturated heterocycles. The van der Waals surface area contributed by atoms with Crippen LogP contribution in [0.3, 0.4) is 0 Å². The lowest BCUT2D eigenvalue weighted by Crippen LogP contribution is -2.35. The molecule has 0 N–H and O–H groups in total. The minimum atomic E-state index is -0.605. The van der Waals surface area contributed by atoms with Gasteiger partial charge < -0.3 is 4.90 Å². The molecule has 1 aliphatic rings. The number of aromatic nitrogens is 1. The first-order valence-electron chi connectivity index (χ1n) is 8.78. The van der Waals surface area contributed by atoms with Crippen LogP contribution in [0.4, 0.5) is 8.78 Å². The van der Waals surface area contributed by atoms with E-state index >= 15 is 0 Å². The summed E-state index contributed by atoms with van der Waals surface area (Å²) in [7, 11) is 2.07. The van der Waals surface area contributed by atoms with Crippen molar-refractivity contribution in [3.05, 3.63) is 52.0 Å². The fraction of sp³-hybridized carbons (Fsp3) is 0.474. The summed E-state index contributed by atoms with van der Waals surface area (Å²) < 4.78 is 27.0. The molecule has 7 heteroatoms. The quantitative estimate of drug-likeness (QED) is 0.788. The van der Waals surface area contributed by atoms with Crippen LogP contribution in [0.2, 0.25) is 0 Å². The molecule has 2 heterocycles. The first-order chi connectivity index (χ1) is 12.5. The molecule has 26 heavy (non-hydrogen) atoms. The van der Waals surface area contributed by atoms with Crippen LogP contribution in [-0.2, 0) is 11.3 Å². The standard InChI is InChI=1S/C19H23F2N3OS/c1-13(19-22-8-10-26-19)23(2)16-5-6-18(25)24(9-7-16)12-14-3-4-15(20)11-17(14)21/h3-4,8,10-11,13,16H,5-7,9,12H2,1-2H3. The van der Waals surface area contributed by atoms with Gasteiger partial charge in [0.2, 0.25) is 5.91 Å². The average Bonchev–Trinajstić information content (AvgIpc) is 3.09. The summed E-state index contributed by atoms with van der Waals surface area (Å²) in [4.78, 5) is 20.8. The fourth-order valence-corrected chi connectivity index (χ4v) is 4.13. The Bertz CT molecular complexity index is 753. The molecule has 1 fully saturated rings. The number of nitrogens with zero attached hydrogens (tertiary/aromatic N) is 3. The molecule has 1 aromatic heterocycles. The van der Waals surface area contributed by atoms with Crippen LogP contribution < -0.4 is 0 Å². The number of hydrogen-bond donors (Lipinski definition) is 0. The third kappa shape index (κ3) is 4.27. The smallest absolute Gasteiger partial charge is 0.222 e. The van der Waals surface area contributed by atoms with Crippen LogP contribution >= 0.6 is 11.3 Å². The Morgan fingerprint density at radius 1 is 1.38 bits per heavy atom. The summed E-state index contributed by atoms with van der Waals surface area (Å²) in [5.41, 5.74) is 0.350. The number of halogens is 2. The van der Waals surface area contributed by atoms with Crippen molar-refractivity contribution in [2.75, 3.05) is 13.6 Å². The van der Waals surface area contributed by atoms with E-state index < -0.39 is 11.6 Å². The summed E-state index contributed by atoms with van der Waals surface area (Å²) in [6.45, 7) is 2.87. The summed E-state index contributed by atoms with van der Waals surface area (Å²) in [5.74, 6) is -1.19. The molecular weight excluding hydrogens is 356 g/mol. The van der Waals surface area contributed by atoms with E-state index in [0.29, 0.717) is 18.5 Å². The van der Waals surface area contributed by atoms with Gasteiger partial charge in [0, 0.05) is 48.8 Å². The van der Waals surface area contributed by atoms with Gasteiger partial charge in [0.25, 0.3) is 0 Å². The zero-order valence-electron chi connectivity index (χ0n) is 15.0. The van der Waals surface area contributed by atoms with Gasteiger partial charge in [-0.1, -0.05) is 6.07 Å². The van der Waals surface area contributed by atoms with Crippen LogP contribution in [0.15, 0.2) is 29.8 Å². The molecule has 0 saturated carbocycles. The van der Waals surface area contributed by atoms with E-state index in [9.17, 15) is 13.6 Å². The van der Waals surface area contributed by atoms with Crippen LogP contribution in [0.1, 0.15) is 42.8 Å². The largest absolute Gasteiger partial charge is 0.338 e. The van der Waals surface area contributed by atoms with Crippen molar-refractivity contribution in [3.63, 3.8) is 0 Å². The number of carbonyl (C=O) groups is 1. The zero-order chi connectivity index (χ0) is 18.7. The lowest BCUT2D eigenvalue weighted by molar-refractivity contribution is -0.131. The normalized spacial score (nSPS) is 19.7. The molecular formula is C19H23F2N3OS. The lowest BCUT2D eigenvalue weighted by atomic mass is 10.1. The van der Waals surface area contributed by atoms with E-state index in [2.05, 4.69) is 23.9 Å². The van der Waals surface area contributed by atoms with Crippen molar-refractivity contribution in [3.8, 4) is 0 Å². The highest BCUT2D eigenvalue weighted by Gasteiger charge is 2.28. The van der Waals surface area contributed by atoms with Crippen molar-refractivity contribution in [2.24, 2.45) is 0 Å². The molecule has 0 radical (unpaired) electrons. The van der Waals surface area contributed by atoms with Gasteiger partial charge in [0.05, 0.1) is 6.04 Å². The predicted molar refractivity (Wildman–Crippen MR) is 97.7 cm³/mol. The van der Waals surface area contributed by atoms with E-state index in [1.807, 2.05) is 5.38 Å². The number of hydrogen-bond acceptors (Lipinski definition) is 4. The highest BCUT2D eigenvalue weighted by atomic mass is 32.1. The minimum absolute atomic E-state index is 0.0199. The first kappa shape index (κ1) is 18.9. The molecule has 140 valence electrons. The van der Waals surface area contributed by atoms with Crippen LogP contribution in [0.5, 0.6) is 0 Å². The maximum atomic E-state index is 13.9. The van der Waals surface area contributed by atoms with Gasteiger partial charge in [-0.25, -0.2) is 13.8 Å². The van der Waals surface area contributed by atoms with Crippen molar-refractivity contribution in [2.45, 2.75) is 44.8 Å². The summed E-state index contributed by atoms with van der Waals surface area (Å²) in [6.07, 6.45) is 3.83. The van der Waals surface area contributed by atoms with Gasteiger partial charge in [0.15, 0.2) is 0 Å². The Hall–Kier alpha value is -1.86. The van der Waals surface area contributed by atoms with E-state index in [4.69, 9.17) is 0 Å². The summed E-state index contributed by atoms with van der Waals surface area (Å²) in [6, 6.07) is 3.96. The maximum absolute atomic E-state index is 13.9. The number of likely N-dealkylation sites (tertiary alicyclic amines) is 1. The first-order valence-corrected chi connectivity index (χ1v) is 9.66. The highest BCUT2D eigenvalue weighted by molar-refractivity contribution is 7.09. The van der Waals surface area contributed by atoms with Crippen molar-refractivity contribution >= 4 is 17.2 Å². The second kappa shape index (κ2) is 8.22. The number of carbonyl (C=O) groups excluding carboxylic acids is 1. The lowest BCUT2D eigenvalue weighted by Gasteiger charge is -2.31.